The minimum atomic E-state index is -1.55. The van der Waals surface area contributed by atoms with Gasteiger partial charge in [-0.25, -0.2) is 4.21 Å². The molecule has 1 atom stereocenters. The fraction of sp³-hybridized carbons (Fsp3) is 0.267. The van der Waals surface area contributed by atoms with Gasteiger partial charge in [0.1, 0.15) is 34.6 Å². The lowest BCUT2D eigenvalue weighted by Crippen LogP contribution is -2.11. The van der Waals surface area contributed by atoms with Gasteiger partial charge in [-0.1, -0.05) is 78.9 Å². The van der Waals surface area contributed by atoms with Gasteiger partial charge >= 0.3 is 0 Å². The van der Waals surface area contributed by atoms with E-state index in [9.17, 15) is 23.4 Å². The second kappa shape index (κ2) is 20.5. The number of carbonyl (C=O) groups is 4. The lowest BCUT2D eigenvalue weighted by atomic mass is 10.1. The fourth-order valence-electron chi connectivity index (χ4n) is 2.55. The highest BCUT2D eigenvalue weighted by molar-refractivity contribution is 7.81. The summed E-state index contributed by atoms with van der Waals surface area (Å²) in [4.78, 5) is 41.2. The SMILES string of the molecule is CC(=O)CS(=O)Oc1ccccc1.CC(=O)Cc1ccccc1.CC(=O)Cc1ccccc1.CC(C)=O. The standard InChI is InChI=1S/C9H10O3S.2C9H10O.C3H6O/c1-8(10)7-13(11)12-9-5-3-2-4-6-9;2*1-8(10)7-9-5-3-2-4-6-9;1-3(2)4/h2-6H,7H2,1H3;2*2-6H,7H2,1H3;1-2H3. The number of carbonyl (C=O) groups excluding carboxylic acids is 4. The number of Topliss-reactive ketones (excluding diaryl/α,β-unsaturated/α-hetero) is 4. The van der Waals surface area contributed by atoms with E-state index in [1.807, 2.05) is 66.7 Å². The first-order chi connectivity index (χ1) is 17.5. The van der Waals surface area contributed by atoms with Gasteiger partial charge < -0.3 is 8.98 Å². The van der Waals surface area contributed by atoms with Crippen LogP contribution >= 0.6 is 0 Å². The Kier molecular flexibility index (Phi) is 18.4. The van der Waals surface area contributed by atoms with Crippen LogP contribution in [0.4, 0.5) is 0 Å². The molecule has 0 N–H and O–H groups in total. The van der Waals surface area contributed by atoms with Crippen molar-refractivity contribution in [1.82, 2.24) is 0 Å². The summed E-state index contributed by atoms with van der Waals surface area (Å²) >= 11 is -1.55. The molecule has 0 aliphatic heterocycles. The van der Waals surface area contributed by atoms with Gasteiger partial charge in [-0.3, -0.25) is 14.4 Å². The van der Waals surface area contributed by atoms with E-state index in [1.54, 1.807) is 38.1 Å². The third kappa shape index (κ3) is 22.5. The van der Waals surface area contributed by atoms with Gasteiger partial charge in [-0.2, -0.15) is 0 Å². The molecule has 0 radical (unpaired) electrons. The highest BCUT2D eigenvalue weighted by atomic mass is 32.2. The van der Waals surface area contributed by atoms with Gasteiger partial charge in [0.2, 0.25) is 11.1 Å². The summed E-state index contributed by atoms with van der Waals surface area (Å²) in [5.74, 6) is 0.906. The maximum Gasteiger partial charge on any atom is 0.214 e. The minimum Gasteiger partial charge on any atom is -0.400 e. The monoisotopic (exact) mass is 524 g/mol. The summed E-state index contributed by atoms with van der Waals surface area (Å²) in [7, 11) is 0. The van der Waals surface area contributed by atoms with Crippen molar-refractivity contribution in [2.75, 3.05) is 5.75 Å². The third-order valence-electron chi connectivity index (χ3n) is 3.85. The van der Waals surface area contributed by atoms with Gasteiger partial charge in [0, 0.05) is 12.8 Å². The Labute approximate surface area is 222 Å². The fourth-order valence-corrected chi connectivity index (χ4v) is 3.26. The Morgan fingerprint density at radius 1 is 0.568 bits per heavy atom. The lowest BCUT2D eigenvalue weighted by Gasteiger charge is -2.01. The molecular formula is C30H36O6S. The highest BCUT2D eigenvalue weighted by Gasteiger charge is 2.04. The molecule has 3 rings (SSSR count). The first-order valence-corrected chi connectivity index (χ1v) is 12.9. The molecule has 0 aromatic heterocycles. The third-order valence-corrected chi connectivity index (χ3v) is 4.87. The van der Waals surface area contributed by atoms with Crippen molar-refractivity contribution in [3.63, 3.8) is 0 Å². The van der Waals surface area contributed by atoms with Crippen molar-refractivity contribution in [1.29, 1.82) is 0 Å². The van der Waals surface area contributed by atoms with Crippen molar-refractivity contribution in [2.45, 2.75) is 47.5 Å². The molecule has 0 aliphatic carbocycles. The number of hydrogen-bond acceptors (Lipinski definition) is 6. The van der Waals surface area contributed by atoms with Gasteiger partial charge in [0.25, 0.3) is 0 Å². The predicted octanol–water partition coefficient (Wildman–Crippen LogP) is 5.55. The number of rotatable bonds is 8. The van der Waals surface area contributed by atoms with Gasteiger partial charge in [0.05, 0.1) is 0 Å². The van der Waals surface area contributed by atoms with Crippen LogP contribution in [-0.4, -0.2) is 33.1 Å². The van der Waals surface area contributed by atoms with Crippen molar-refractivity contribution in [2.24, 2.45) is 0 Å². The van der Waals surface area contributed by atoms with Crippen LogP contribution in [0.2, 0.25) is 0 Å². The molecule has 7 heteroatoms. The van der Waals surface area contributed by atoms with Crippen LogP contribution in [-0.2, 0) is 43.1 Å². The normalized spacial score (nSPS) is 9.97. The van der Waals surface area contributed by atoms with E-state index in [2.05, 4.69) is 0 Å². The Bertz CT molecular complexity index is 1040. The summed E-state index contributed by atoms with van der Waals surface area (Å²) in [6.07, 6.45) is 1.11. The smallest absolute Gasteiger partial charge is 0.214 e. The summed E-state index contributed by atoms with van der Waals surface area (Å²) < 4.78 is 16.1. The quantitative estimate of drug-likeness (QED) is 0.383. The van der Waals surface area contributed by atoms with E-state index in [4.69, 9.17) is 4.18 Å². The lowest BCUT2D eigenvalue weighted by molar-refractivity contribution is -0.117. The molecule has 0 saturated carbocycles. The molecule has 0 spiro atoms. The van der Waals surface area contributed by atoms with Gasteiger partial charge in [-0.15, -0.1) is 0 Å². The van der Waals surface area contributed by atoms with E-state index in [-0.39, 0.29) is 28.9 Å². The number of ketones is 4. The zero-order valence-electron chi connectivity index (χ0n) is 22.1. The summed E-state index contributed by atoms with van der Waals surface area (Å²) in [5.41, 5.74) is 2.19. The van der Waals surface area contributed by atoms with E-state index in [0.29, 0.717) is 18.6 Å². The summed E-state index contributed by atoms with van der Waals surface area (Å²) in [5, 5.41) is 0. The van der Waals surface area contributed by atoms with Gasteiger partial charge in [-0.05, 0) is 57.9 Å². The molecule has 0 bridgehead atoms. The minimum absolute atomic E-state index is 0.0606. The molecule has 0 aliphatic rings. The van der Waals surface area contributed by atoms with Crippen molar-refractivity contribution < 1.29 is 27.6 Å². The van der Waals surface area contributed by atoms with Crippen LogP contribution in [0, 0.1) is 0 Å². The zero-order chi connectivity index (χ0) is 28.1. The number of para-hydroxylation sites is 1. The molecule has 3 aromatic carbocycles. The number of hydrogen-bond donors (Lipinski definition) is 0. The molecule has 0 fully saturated rings. The van der Waals surface area contributed by atoms with E-state index >= 15 is 0 Å². The highest BCUT2D eigenvalue weighted by Crippen LogP contribution is 2.09. The average molecular weight is 525 g/mol. The Morgan fingerprint density at radius 3 is 1.19 bits per heavy atom. The van der Waals surface area contributed by atoms with Crippen molar-refractivity contribution in [3.8, 4) is 5.75 Å². The first-order valence-electron chi connectivity index (χ1n) is 11.6. The largest absolute Gasteiger partial charge is 0.400 e. The molecular weight excluding hydrogens is 488 g/mol. The van der Waals surface area contributed by atoms with Crippen LogP contribution < -0.4 is 4.18 Å². The maximum atomic E-state index is 11.1. The van der Waals surface area contributed by atoms with Crippen LogP contribution in [0.1, 0.15) is 45.7 Å². The maximum absolute atomic E-state index is 11.1. The van der Waals surface area contributed by atoms with Crippen LogP contribution in [0.25, 0.3) is 0 Å². The molecule has 1 unspecified atom stereocenters. The second-order valence-corrected chi connectivity index (χ2v) is 9.25. The predicted molar refractivity (Wildman–Crippen MR) is 149 cm³/mol. The molecule has 0 amide bonds. The number of benzene rings is 3. The molecule has 3 aromatic rings. The Morgan fingerprint density at radius 2 is 0.892 bits per heavy atom. The Hall–Kier alpha value is -3.71. The van der Waals surface area contributed by atoms with E-state index < -0.39 is 11.1 Å². The molecule has 198 valence electrons. The van der Waals surface area contributed by atoms with Crippen molar-refractivity contribution in [3.05, 3.63) is 102 Å². The topological polar surface area (TPSA) is 94.6 Å². The zero-order valence-corrected chi connectivity index (χ0v) is 23.0. The van der Waals surface area contributed by atoms with E-state index in [0.717, 1.165) is 11.1 Å². The van der Waals surface area contributed by atoms with Crippen LogP contribution in [0.15, 0.2) is 91.0 Å². The Balaban J connectivity index is 0.000000494. The molecule has 0 heterocycles. The molecule has 0 saturated heterocycles. The van der Waals surface area contributed by atoms with Crippen LogP contribution in [0.3, 0.4) is 0 Å². The summed E-state index contributed by atoms with van der Waals surface area (Å²) in [6, 6.07) is 28.3. The van der Waals surface area contributed by atoms with Gasteiger partial charge in [0.15, 0.2) is 0 Å². The second-order valence-electron chi connectivity index (χ2n) is 8.18. The molecule has 6 nitrogen and oxygen atoms in total. The molecule has 37 heavy (non-hydrogen) atoms. The van der Waals surface area contributed by atoms with Crippen molar-refractivity contribution >= 4 is 34.2 Å². The van der Waals surface area contributed by atoms with Crippen LogP contribution in [0.5, 0.6) is 5.75 Å². The average Bonchev–Trinajstić information content (AvgIpc) is 2.80. The van der Waals surface area contributed by atoms with E-state index in [1.165, 1.54) is 20.8 Å². The summed E-state index contributed by atoms with van der Waals surface area (Å²) in [6.45, 7) is 7.65. The first kappa shape index (κ1) is 33.3.